The molecule has 0 amide bonds. The third-order valence-electron chi connectivity index (χ3n) is 2.34. The lowest BCUT2D eigenvalue weighted by Gasteiger charge is -2.16. The minimum Gasteiger partial charge on any atom is -0.360 e. The van der Waals surface area contributed by atoms with Gasteiger partial charge in [0.25, 0.3) is 0 Å². The van der Waals surface area contributed by atoms with Gasteiger partial charge in [-0.1, -0.05) is 13.0 Å². The fourth-order valence-corrected chi connectivity index (χ4v) is 1.52. The van der Waals surface area contributed by atoms with Crippen molar-refractivity contribution in [3.63, 3.8) is 0 Å². The van der Waals surface area contributed by atoms with Crippen LogP contribution >= 0.6 is 0 Å². The van der Waals surface area contributed by atoms with E-state index >= 15 is 0 Å². The zero-order valence-corrected chi connectivity index (χ0v) is 9.17. The Kier molecular flexibility index (Phi) is 3.43. The average Bonchev–Trinajstić information content (AvgIpc) is 2.38. The van der Waals surface area contributed by atoms with Gasteiger partial charge in [0.15, 0.2) is 0 Å². The van der Waals surface area contributed by atoms with E-state index in [1.54, 1.807) is 24.8 Å². The van der Waals surface area contributed by atoms with E-state index in [9.17, 15) is 0 Å². The molecule has 2 rings (SSSR count). The lowest BCUT2D eigenvalue weighted by atomic mass is 10.1. The molecule has 2 heterocycles. The van der Waals surface area contributed by atoms with Gasteiger partial charge in [-0.15, -0.1) is 0 Å². The SMILES string of the molecule is CC[C@H](Nc1cnccn1)c1ccccn1. The summed E-state index contributed by atoms with van der Waals surface area (Å²) in [7, 11) is 0. The molecule has 0 aliphatic heterocycles. The van der Waals surface area contributed by atoms with E-state index in [-0.39, 0.29) is 6.04 Å². The second kappa shape index (κ2) is 5.21. The summed E-state index contributed by atoms with van der Waals surface area (Å²) in [5.74, 6) is 0.778. The molecule has 1 atom stereocenters. The highest BCUT2D eigenvalue weighted by atomic mass is 15.0. The Labute approximate surface area is 94.8 Å². The van der Waals surface area contributed by atoms with Gasteiger partial charge in [0.1, 0.15) is 5.82 Å². The first kappa shape index (κ1) is 10.5. The Hall–Kier alpha value is -1.97. The van der Waals surface area contributed by atoms with Gasteiger partial charge in [-0.05, 0) is 18.6 Å². The molecule has 0 bridgehead atoms. The Balaban J connectivity index is 2.13. The van der Waals surface area contributed by atoms with Gasteiger partial charge >= 0.3 is 0 Å². The summed E-state index contributed by atoms with van der Waals surface area (Å²) in [6.07, 6.45) is 7.80. The first-order valence-corrected chi connectivity index (χ1v) is 5.33. The zero-order chi connectivity index (χ0) is 11.2. The van der Waals surface area contributed by atoms with Crippen LogP contribution in [-0.4, -0.2) is 15.0 Å². The number of hydrogen-bond acceptors (Lipinski definition) is 4. The maximum absolute atomic E-state index is 4.34. The maximum Gasteiger partial charge on any atom is 0.144 e. The predicted octanol–water partition coefficient (Wildman–Crippen LogP) is 2.43. The number of anilines is 1. The van der Waals surface area contributed by atoms with Gasteiger partial charge in [0.05, 0.1) is 17.9 Å². The molecular weight excluding hydrogens is 200 g/mol. The minimum absolute atomic E-state index is 0.179. The predicted molar refractivity (Wildman–Crippen MR) is 62.9 cm³/mol. The van der Waals surface area contributed by atoms with Crippen molar-refractivity contribution in [2.45, 2.75) is 19.4 Å². The highest BCUT2D eigenvalue weighted by molar-refractivity contribution is 5.33. The van der Waals surface area contributed by atoms with Crippen LogP contribution in [0.3, 0.4) is 0 Å². The summed E-state index contributed by atoms with van der Waals surface area (Å²) in [4.78, 5) is 12.5. The summed E-state index contributed by atoms with van der Waals surface area (Å²) in [5.41, 5.74) is 1.02. The summed E-state index contributed by atoms with van der Waals surface area (Å²) in [6, 6.07) is 6.09. The highest BCUT2D eigenvalue weighted by Gasteiger charge is 2.09. The van der Waals surface area contributed by atoms with Crippen molar-refractivity contribution in [1.82, 2.24) is 15.0 Å². The molecule has 16 heavy (non-hydrogen) atoms. The van der Waals surface area contributed by atoms with E-state index in [2.05, 4.69) is 27.2 Å². The van der Waals surface area contributed by atoms with Crippen molar-refractivity contribution in [2.75, 3.05) is 5.32 Å². The molecule has 2 aromatic heterocycles. The van der Waals surface area contributed by atoms with Crippen LogP contribution < -0.4 is 5.32 Å². The Morgan fingerprint density at radius 1 is 1.19 bits per heavy atom. The maximum atomic E-state index is 4.34. The summed E-state index contributed by atoms with van der Waals surface area (Å²) in [6.45, 7) is 2.11. The number of hydrogen-bond donors (Lipinski definition) is 1. The molecule has 82 valence electrons. The van der Waals surface area contributed by atoms with Gasteiger partial charge in [-0.3, -0.25) is 9.97 Å². The Bertz CT molecular complexity index is 416. The summed E-state index contributed by atoms with van der Waals surface area (Å²) in [5, 5.41) is 3.31. The van der Waals surface area contributed by atoms with Gasteiger partial charge < -0.3 is 5.32 Å². The van der Waals surface area contributed by atoms with Crippen LogP contribution in [0.1, 0.15) is 25.1 Å². The molecule has 0 saturated heterocycles. The molecular formula is C12H14N4. The van der Waals surface area contributed by atoms with Crippen molar-refractivity contribution in [3.8, 4) is 0 Å². The van der Waals surface area contributed by atoms with Crippen molar-refractivity contribution >= 4 is 5.82 Å². The van der Waals surface area contributed by atoms with Gasteiger partial charge in [-0.25, -0.2) is 4.98 Å². The minimum atomic E-state index is 0.179. The summed E-state index contributed by atoms with van der Waals surface area (Å²) >= 11 is 0. The molecule has 0 aliphatic carbocycles. The molecule has 0 aliphatic rings. The van der Waals surface area contributed by atoms with E-state index in [0.717, 1.165) is 17.9 Å². The molecule has 0 spiro atoms. The van der Waals surface area contributed by atoms with Crippen LogP contribution in [-0.2, 0) is 0 Å². The highest BCUT2D eigenvalue weighted by Crippen LogP contribution is 2.18. The molecule has 0 radical (unpaired) electrons. The van der Waals surface area contributed by atoms with Crippen molar-refractivity contribution in [1.29, 1.82) is 0 Å². The van der Waals surface area contributed by atoms with Gasteiger partial charge in [0, 0.05) is 18.6 Å². The van der Waals surface area contributed by atoms with E-state index in [4.69, 9.17) is 0 Å². The zero-order valence-electron chi connectivity index (χ0n) is 9.17. The molecule has 2 aromatic rings. The first-order valence-electron chi connectivity index (χ1n) is 5.33. The number of pyridine rings is 1. The third-order valence-corrected chi connectivity index (χ3v) is 2.34. The van der Waals surface area contributed by atoms with E-state index in [1.165, 1.54) is 0 Å². The Morgan fingerprint density at radius 3 is 2.75 bits per heavy atom. The monoisotopic (exact) mass is 214 g/mol. The number of aromatic nitrogens is 3. The topological polar surface area (TPSA) is 50.7 Å². The molecule has 1 N–H and O–H groups in total. The molecule has 0 unspecified atom stereocenters. The van der Waals surface area contributed by atoms with Crippen molar-refractivity contribution in [2.24, 2.45) is 0 Å². The van der Waals surface area contributed by atoms with Crippen LogP contribution in [0, 0.1) is 0 Å². The van der Waals surface area contributed by atoms with E-state index in [0.29, 0.717) is 0 Å². The standard InChI is InChI=1S/C12H14N4/c1-2-10(11-5-3-4-6-14-11)16-12-9-13-7-8-15-12/h3-10H,2H2,1H3,(H,15,16)/t10-/m0/s1. The first-order chi connectivity index (χ1) is 7.90. The second-order valence-electron chi connectivity index (χ2n) is 3.45. The smallest absolute Gasteiger partial charge is 0.144 e. The largest absolute Gasteiger partial charge is 0.360 e. The van der Waals surface area contributed by atoms with Gasteiger partial charge in [-0.2, -0.15) is 0 Å². The van der Waals surface area contributed by atoms with Crippen LogP contribution in [0.25, 0.3) is 0 Å². The van der Waals surface area contributed by atoms with E-state index in [1.807, 2.05) is 18.2 Å². The average molecular weight is 214 g/mol. The van der Waals surface area contributed by atoms with Crippen LogP contribution in [0.15, 0.2) is 43.0 Å². The number of nitrogens with zero attached hydrogens (tertiary/aromatic N) is 3. The number of nitrogens with one attached hydrogen (secondary N) is 1. The van der Waals surface area contributed by atoms with Crippen molar-refractivity contribution in [3.05, 3.63) is 48.7 Å². The molecule has 0 aromatic carbocycles. The van der Waals surface area contributed by atoms with Crippen LogP contribution in [0.4, 0.5) is 5.82 Å². The second-order valence-corrected chi connectivity index (χ2v) is 3.45. The number of rotatable bonds is 4. The normalized spacial score (nSPS) is 12.1. The third kappa shape index (κ3) is 2.53. The molecule has 4 nitrogen and oxygen atoms in total. The Morgan fingerprint density at radius 2 is 2.12 bits per heavy atom. The fraction of sp³-hybridized carbons (Fsp3) is 0.250. The van der Waals surface area contributed by atoms with Crippen LogP contribution in [0.5, 0.6) is 0 Å². The van der Waals surface area contributed by atoms with Gasteiger partial charge in [0.2, 0.25) is 0 Å². The molecule has 4 heteroatoms. The molecule has 0 saturated carbocycles. The fourth-order valence-electron chi connectivity index (χ4n) is 1.52. The summed E-state index contributed by atoms with van der Waals surface area (Å²) < 4.78 is 0. The van der Waals surface area contributed by atoms with Crippen LogP contribution in [0.2, 0.25) is 0 Å². The lowest BCUT2D eigenvalue weighted by molar-refractivity contribution is 0.718. The molecule has 0 fully saturated rings. The van der Waals surface area contributed by atoms with E-state index < -0.39 is 0 Å². The van der Waals surface area contributed by atoms with Crippen molar-refractivity contribution < 1.29 is 0 Å². The quantitative estimate of drug-likeness (QED) is 0.849. The lowest BCUT2D eigenvalue weighted by Crippen LogP contribution is -2.12.